The molecule has 2 aromatic carbocycles. The standard InChI is InChI=1S/C16H17N3O5S/c1-9-6-14(15(21)7-10(9)2)19-18-12-4-5-13(17-11(3)20)16(8-12)25(22,23)24/h4-8,21H,1-3H3,(H,17,20)(H,22,23,24). The molecule has 9 heteroatoms. The quantitative estimate of drug-likeness (QED) is 0.564. The van der Waals surface area contributed by atoms with Gasteiger partial charge in [-0.25, -0.2) is 0 Å². The maximum Gasteiger partial charge on any atom is 0.296 e. The Morgan fingerprint density at radius 2 is 1.72 bits per heavy atom. The summed E-state index contributed by atoms with van der Waals surface area (Å²) >= 11 is 0. The lowest BCUT2D eigenvalue weighted by atomic mass is 10.1. The topological polar surface area (TPSA) is 128 Å². The van der Waals surface area contributed by atoms with E-state index in [1.807, 2.05) is 13.8 Å². The number of nitrogens with zero attached hydrogens (tertiary/aromatic N) is 2. The van der Waals surface area contributed by atoms with E-state index in [1.165, 1.54) is 19.1 Å². The van der Waals surface area contributed by atoms with Gasteiger partial charge < -0.3 is 10.4 Å². The third kappa shape index (κ3) is 4.61. The zero-order chi connectivity index (χ0) is 18.8. The van der Waals surface area contributed by atoms with Crippen molar-refractivity contribution in [2.24, 2.45) is 10.2 Å². The molecule has 132 valence electrons. The Hall–Kier alpha value is -2.78. The summed E-state index contributed by atoms with van der Waals surface area (Å²) in [6.07, 6.45) is 0. The summed E-state index contributed by atoms with van der Waals surface area (Å²) in [4.78, 5) is 10.6. The van der Waals surface area contributed by atoms with Crippen molar-refractivity contribution in [1.29, 1.82) is 0 Å². The first kappa shape index (κ1) is 18.6. The highest BCUT2D eigenvalue weighted by atomic mass is 32.2. The predicted octanol–water partition coefficient (Wildman–Crippen LogP) is 3.63. The molecule has 3 N–H and O–H groups in total. The van der Waals surface area contributed by atoms with Gasteiger partial charge in [-0.3, -0.25) is 9.35 Å². The van der Waals surface area contributed by atoms with E-state index in [2.05, 4.69) is 15.5 Å². The molecular formula is C16H17N3O5S. The summed E-state index contributed by atoms with van der Waals surface area (Å²) in [7, 11) is -4.57. The van der Waals surface area contributed by atoms with Crippen LogP contribution in [0.25, 0.3) is 0 Å². The van der Waals surface area contributed by atoms with Crippen LogP contribution in [0.15, 0.2) is 45.5 Å². The van der Waals surface area contributed by atoms with E-state index in [-0.39, 0.29) is 22.8 Å². The molecule has 0 aromatic heterocycles. The third-order valence-electron chi connectivity index (χ3n) is 3.42. The van der Waals surface area contributed by atoms with Crippen molar-refractivity contribution in [3.8, 4) is 5.75 Å². The van der Waals surface area contributed by atoms with Crippen molar-refractivity contribution < 1.29 is 22.9 Å². The number of rotatable bonds is 4. The minimum Gasteiger partial charge on any atom is -0.506 e. The highest BCUT2D eigenvalue weighted by Gasteiger charge is 2.17. The number of nitrogens with one attached hydrogen (secondary N) is 1. The van der Waals surface area contributed by atoms with Gasteiger partial charge in [-0.15, -0.1) is 5.11 Å². The number of phenols is 1. The molecule has 0 aliphatic heterocycles. The molecule has 0 unspecified atom stereocenters. The average molecular weight is 363 g/mol. The monoisotopic (exact) mass is 363 g/mol. The number of hydrogen-bond donors (Lipinski definition) is 3. The van der Waals surface area contributed by atoms with Gasteiger partial charge in [0.2, 0.25) is 5.91 Å². The van der Waals surface area contributed by atoms with Crippen LogP contribution in [0.1, 0.15) is 18.1 Å². The fraction of sp³-hybridized carbons (Fsp3) is 0.188. The van der Waals surface area contributed by atoms with Gasteiger partial charge in [0.1, 0.15) is 16.3 Å². The number of carbonyl (C=O) groups is 1. The van der Waals surface area contributed by atoms with Crippen LogP contribution in [0.4, 0.5) is 17.1 Å². The Morgan fingerprint density at radius 1 is 1.08 bits per heavy atom. The Bertz CT molecular complexity index is 968. The van der Waals surface area contributed by atoms with Crippen molar-refractivity contribution in [2.45, 2.75) is 25.7 Å². The molecule has 1 amide bonds. The molecule has 0 bridgehead atoms. The van der Waals surface area contributed by atoms with Crippen molar-refractivity contribution >= 4 is 33.1 Å². The fourth-order valence-corrected chi connectivity index (χ4v) is 2.72. The van der Waals surface area contributed by atoms with Gasteiger partial charge >= 0.3 is 0 Å². The summed E-state index contributed by atoms with van der Waals surface area (Å²) in [5, 5.41) is 20.0. The lowest BCUT2D eigenvalue weighted by Crippen LogP contribution is -2.10. The number of aromatic hydroxyl groups is 1. The van der Waals surface area contributed by atoms with Gasteiger partial charge in [-0.05, 0) is 55.3 Å². The van der Waals surface area contributed by atoms with Crippen LogP contribution in [0.3, 0.4) is 0 Å². The van der Waals surface area contributed by atoms with E-state index in [4.69, 9.17) is 0 Å². The molecule has 2 rings (SSSR count). The van der Waals surface area contributed by atoms with Crippen LogP contribution in [0, 0.1) is 13.8 Å². The molecule has 8 nitrogen and oxygen atoms in total. The lowest BCUT2D eigenvalue weighted by molar-refractivity contribution is -0.114. The Kier molecular flexibility index (Phi) is 5.19. The summed E-state index contributed by atoms with van der Waals surface area (Å²) in [5.74, 6) is -0.545. The van der Waals surface area contributed by atoms with Crippen LogP contribution >= 0.6 is 0 Å². The molecule has 0 heterocycles. The number of carbonyl (C=O) groups excluding carboxylic acids is 1. The maximum atomic E-state index is 11.5. The second-order valence-electron chi connectivity index (χ2n) is 5.46. The second-order valence-corrected chi connectivity index (χ2v) is 6.85. The van der Waals surface area contributed by atoms with Crippen molar-refractivity contribution in [3.05, 3.63) is 41.5 Å². The number of anilines is 1. The van der Waals surface area contributed by atoms with E-state index in [0.29, 0.717) is 0 Å². The number of azo groups is 1. The summed E-state index contributed by atoms with van der Waals surface area (Å²) in [6, 6.07) is 6.97. The summed E-state index contributed by atoms with van der Waals surface area (Å²) in [6.45, 7) is 4.91. The smallest absolute Gasteiger partial charge is 0.296 e. The average Bonchev–Trinajstić information content (AvgIpc) is 2.49. The first-order valence-corrected chi connectivity index (χ1v) is 8.63. The molecule has 2 aromatic rings. The number of benzene rings is 2. The number of amides is 1. The van der Waals surface area contributed by atoms with E-state index in [0.717, 1.165) is 17.2 Å². The SMILES string of the molecule is CC(=O)Nc1ccc(N=Nc2cc(C)c(C)cc2O)cc1S(=O)(=O)O. The number of hydrogen-bond acceptors (Lipinski definition) is 6. The van der Waals surface area contributed by atoms with Crippen LogP contribution in [0.2, 0.25) is 0 Å². The molecule has 0 radical (unpaired) electrons. The molecule has 0 saturated carbocycles. The Morgan fingerprint density at radius 3 is 2.32 bits per heavy atom. The molecule has 25 heavy (non-hydrogen) atoms. The minimum absolute atomic E-state index is 0.0586. The zero-order valence-corrected chi connectivity index (χ0v) is 14.6. The number of aryl methyl sites for hydroxylation is 2. The second kappa shape index (κ2) is 6.99. The van der Waals surface area contributed by atoms with Gasteiger partial charge in [0, 0.05) is 6.92 Å². The van der Waals surface area contributed by atoms with Gasteiger partial charge in [-0.1, -0.05) is 0 Å². The van der Waals surface area contributed by atoms with E-state index in [1.54, 1.807) is 12.1 Å². The normalized spacial score (nSPS) is 11.7. The zero-order valence-electron chi connectivity index (χ0n) is 13.8. The van der Waals surface area contributed by atoms with Crippen LogP contribution in [0.5, 0.6) is 5.75 Å². The Labute approximate surface area is 145 Å². The van der Waals surface area contributed by atoms with Crippen LogP contribution in [-0.2, 0) is 14.9 Å². The van der Waals surface area contributed by atoms with Gasteiger partial charge in [0.25, 0.3) is 10.1 Å². The molecule has 0 spiro atoms. The van der Waals surface area contributed by atoms with Crippen LogP contribution in [-0.4, -0.2) is 24.0 Å². The van der Waals surface area contributed by atoms with Crippen LogP contribution < -0.4 is 5.32 Å². The van der Waals surface area contributed by atoms with Crippen molar-refractivity contribution in [2.75, 3.05) is 5.32 Å². The van der Waals surface area contributed by atoms with E-state index < -0.39 is 20.9 Å². The molecular weight excluding hydrogens is 346 g/mol. The highest BCUT2D eigenvalue weighted by molar-refractivity contribution is 7.86. The van der Waals surface area contributed by atoms with Gasteiger partial charge in [0.05, 0.1) is 11.4 Å². The maximum absolute atomic E-state index is 11.5. The first-order valence-electron chi connectivity index (χ1n) is 7.19. The largest absolute Gasteiger partial charge is 0.506 e. The fourth-order valence-electron chi connectivity index (χ4n) is 2.06. The number of phenolic OH excluding ortho intramolecular Hbond substituents is 1. The first-order chi connectivity index (χ1) is 11.6. The lowest BCUT2D eigenvalue weighted by Gasteiger charge is -2.08. The van der Waals surface area contributed by atoms with Crippen molar-refractivity contribution in [1.82, 2.24) is 0 Å². The summed E-state index contributed by atoms with van der Waals surface area (Å²) < 4.78 is 32.3. The highest BCUT2D eigenvalue weighted by Crippen LogP contribution is 2.32. The minimum atomic E-state index is -4.57. The van der Waals surface area contributed by atoms with E-state index in [9.17, 15) is 22.9 Å². The molecule has 0 aliphatic carbocycles. The Balaban J connectivity index is 2.44. The molecule has 0 fully saturated rings. The molecule has 0 saturated heterocycles. The van der Waals surface area contributed by atoms with E-state index >= 15 is 0 Å². The predicted molar refractivity (Wildman–Crippen MR) is 92.3 cm³/mol. The molecule has 0 aliphatic rings. The van der Waals surface area contributed by atoms with Gasteiger partial charge in [-0.2, -0.15) is 13.5 Å². The summed E-state index contributed by atoms with van der Waals surface area (Å²) in [5.41, 5.74) is 2.08. The van der Waals surface area contributed by atoms with Crippen molar-refractivity contribution in [3.63, 3.8) is 0 Å². The molecule has 0 atom stereocenters. The third-order valence-corrected chi connectivity index (χ3v) is 4.31. The van der Waals surface area contributed by atoms with Gasteiger partial charge in [0.15, 0.2) is 0 Å².